The SMILES string of the molecule is C=CC(C=C/C=C/C1=CCC(C(/C=N\C(C)OCCF)=C/CC)=NN1)N(C)C. The van der Waals surface area contributed by atoms with E-state index >= 15 is 0 Å². The first-order chi connectivity index (χ1) is 13.5. The Labute approximate surface area is 168 Å². The first-order valence-electron chi connectivity index (χ1n) is 9.59. The van der Waals surface area contributed by atoms with Crippen LogP contribution in [0.1, 0.15) is 26.7 Å². The molecule has 0 aromatic heterocycles. The van der Waals surface area contributed by atoms with Crippen molar-refractivity contribution in [2.24, 2.45) is 10.1 Å². The Kier molecular flexibility index (Phi) is 11.7. The molecule has 0 aromatic carbocycles. The minimum Gasteiger partial charge on any atom is -0.354 e. The highest BCUT2D eigenvalue weighted by atomic mass is 19.1. The van der Waals surface area contributed by atoms with Crippen molar-refractivity contribution in [1.82, 2.24) is 10.3 Å². The van der Waals surface area contributed by atoms with Gasteiger partial charge in [0.05, 0.1) is 18.0 Å². The zero-order chi connectivity index (χ0) is 20.8. The Hall–Kier alpha value is -2.31. The lowest BCUT2D eigenvalue weighted by Gasteiger charge is -2.16. The molecule has 1 aliphatic heterocycles. The number of ether oxygens (including phenoxy) is 1. The van der Waals surface area contributed by atoms with Crippen molar-refractivity contribution in [1.29, 1.82) is 0 Å². The van der Waals surface area contributed by atoms with Crippen LogP contribution in [0.5, 0.6) is 0 Å². The Morgan fingerprint density at radius 1 is 1.46 bits per heavy atom. The van der Waals surface area contributed by atoms with Gasteiger partial charge in [0.15, 0.2) is 0 Å². The number of likely N-dealkylation sites (N-methyl/N-ethyl adjacent to an activating group) is 1. The first kappa shape index (κ1) is 23.7. The molecule has 5 nitrogen and oxygen atoms in total. The average molecular weight is 389 g/mol. The van der Waals surface area contributed by atoms with Gasteiger partial charge in [0.1, 0.15) is 12.9 Å². The van der Waals surface area contributed by atoms with Gasteiger partial charge in [0.25, 0.3) is 0 Å². The number of hydrogen-bond acceptors (Lipinski definition) is 5. The molecule has 154 valence electrons. The molecule has 28 heavy (non-hydrogen) atoms. The maximum atomic E-state index is 12.2. The number of alkyl halides is 1. The summed E-state index contributed by atoms with van der Waals surface area (Å²) < 4.78 is 17.4. The van der Waals surface area contributed by atoms with E-state index in [0.29, 0.717) is 6.42 Å². The minimum atomic E-state index is -0.506. The lowest BCUT2D eigenvalue weighted by atomic mass is 10.1. The number of aliphatic imine (C=N–C) groups is 1. The van der Waals surface area contributed by atoms with Gasteiger partial charge in [0, 0.05) is 24.3 Å². The molecule has 2 unspecified atom stereocenters. The molecule has 0 aromatic rings. The quantitative estimate of drug-likeness (QED) is 0.310. The van der Waals surface area contributed by atoms with Gasteiger partial charge in [-0.15, -0.1) is 6.58 Å². The Morgan fingerprint density at radius 3 is 2.82 bits per heavy atom. The second kappa shape index (κ2) is 13.8. The zero-order valence-corrected chi connectivity index (χ0v) is 17.4. The molecule has 1 aliphatic rings. The van der Waals surface area contributed by atoms with E-state index in [1.54, 1.807) is 13.1 Å². The van der Waals surface area contributed by atoms with Crippen molar-refractivity contribution in [2.45, 2.75) is 39.0 Å². The Morgan fingerprint density at radius 2 is 2.25 bits per heavy atom. The van der Waals surface area contributed by atoms with Gasteiger partial charge in [-0.1, -0.05) is 43.4 Å². The van der Waals surface area contributed by atoms with Crippen molar-refractivity contribution < 1.29 is 9.13 Å². The van der Waals surface area contributed by atoms with Crippen LogP contribution in [0.2, 0.25) is 0 Å². The lowest BCUT2D eigenvalue weighted by molar-refractivity contribution is 0.0625. The molecule has 0 fully saturated rings. The molecule has 2 atom stereocenters. The number of allylic oxidation sites excluding steroid dienone is 6. The van der Waals surface area contributed by atoms with E-state index in [-0.39, 0.29) is 18.9 Å². The summed E-state index contributed by atoms with van der Waals surface area (Å²) in [7, 11) is 4.03. The predicted octanol–water partition coefficient (Wildman–Crippen LogP) is 4.19. The fourth-order valence-electron chi connectivity index (χ4n) is 2.42. The monoisotopic (exact) mass is 388 g/mol. The molecule has 1 N–H and O–H groups in total. The van der Waals surface area contributed by atoms with Gasteiger partial charge in [-0.05, 0) is 33.5 Å². The highest BCUT2D eigenvalue weighted by Gasteiger charge is 2.09. The van der Waals surface area contributed by atoms with Crippen molar-refractivity contribution in [3.8, 4) is 0 Å². The van der Waals surface area contributed by atoms with E-state index in [4.69, 9.17) is 4.74 Å². The van der Waals surface area contributed by atoms with E-state index < -0.39 is 6.67 Å². The third-order valence-electron chi connectivity index (χ3n) is 3.99. The molecule has 6 heteroatoms. The molecule has 0 saturated carbocycles. The van der Waals surface area contributed by atoms with Crippen LogP contribution in [-0.2, 0) is 4.74 Å². The number of nitrogens with one attached hydrogen (secondary N) is 1. The van der Waals surface area contributed by atoms with Crippen molar-refractivity contribution >= 4 is 11.9 Å². The summed E-state index contributed by atoms with van der Waals surface area (Å²) >= 11 is 0. The van der Waals surface area contributed by atoms with E-state index in [1.165, 1.54) is 0 Å². The summed E-state index contributed by atoms with van der Waals surface area (Å²) in [6.07, 6.45) is 17.0. The minimum absolute atomic E-state index is 0.0583. The number of rotatable bonds is 12. The van der Waals surface area contributed by atoms with Gasteiger partial charge in [-0.3, -0.25) is 15.3 Å². The molecule has 0 amide bonds. The first-order valence-corrected chi connectivity index (χ1v) is 9.59. The normalized spacial score (nSPS) is 17.9. The smallest absolute Gasteiger partial charge is 0.145 e. The maximum Gasteiger partial charge on any atom is 0.145 e. The van der Waals surface area contributed by atoms with E-state index in [2.05, 4.69) is 52.2 Å². The van der Waals surface area contributed by atoms with E-state index in [1.807, 2.05) is 38.4 Å². The highest BCUT2D eigenvalue weighted by molar-refractivity contribution is 6.16. The molecule has 1 rings (SSSR count). The third kappa shape index (κ3) is 9.06. The largest absolute Gasteiger partial charge is 0.354 e. The molecule has 0 radical (unpaired) electrons. The molecule has 1 heterocycles. The van der Waals surface area contributed by atoms with Gasteiger partial charge in [-0.25, -0.2) is 4.39 Å². The number of nitrogens with zero attached hydrogens (tertiary/aromatic N) is 3. The number of hydrogen-bond donors (Lipinski definition) is 1. The van der Waals surface area contributed by atoms with Crippen molar-refractivity contribution in [2.75, 3.05) is 27.4 Å². The molecular formula is C22H33FN4O. The van der Waals surface area contributed by atoms with Crippen LogP contribution in [0, 0.1) is 0 Å². The molecule has 0 spiro atoms. The second-order valence-electron chi connectivity index (χ2n) is 6.47. The molecule has 0 aliphatic carbocycles. The Bertz CT molecular complexity index is 659. The molecule has 0 saturated heterocycles. The van der Waals surface area contributed by atoms with E-state index in [9.17, 15) is 4.39 Å². The zero-order valence-electron chi connectivity index (χ0n) is 17.4. The van der Waals surface area contributed by atoms with Crippen LogP contribution in [0.25, 0.3) is 0 Å². The summed E-state index contributed by atoms with van der Waals surface area (Å²) in [5, 5.41) is 4.47. The summed E-state index contributed by atoms with van der Waals surface area (Å²) in [5.74, 6) is 0. The topological polar surface area (TPSA) is 49.2 Å². The van der Waals surface area contributed by atoms with Gasteiger partial charge < -0.3 is 4.74 Å². The summed E-state index contributed by atoms with van der Waals surface area (Å²) in [6, 6.07) is 0.208. The fraction of sp³-hybridized carbons (Fsp3) is 0.455. The molecule has 0 bridgehead atoms. The van der Waals surface area contributed by atoms with Gasteiger partial charge in [-0.2, -0.15) is 5.10 Å². The second-order valence-corrected chi connectivity index (χ2v) is 6.47. The van der Waals surface area contributed by atoms with Crippen LogP contribution < -0.4 is 5.43 Å². The van der Waals surface area contributed by atoms with Crippen molar-refractivity contribution in [3.05, 3.63) is 60.4 Å². The summed E-state index contributed by atoms with van der Waals surface area (Å²) in [6.45, 7) is 7.24. The number of hydrazone groups is 1. The highest BCUT2D eigenvalue weighted by Crippen LogP contribution is 2.11. The average Bonchev–Trinajstić information content (AvgIpc) is 2.69. The summed E-state index contributed by atoms with van der Waals surface area (Å²) in [4.78, 5) is 6.41. The third-order valence-corrected chi connectivity index (χ3v) is 3.99. The Balaban J connectivity index is 2.65. The van der Waals surface area contributed by atoms with E-state index in [0.717, 1.165) is 23.4 Å². The van der Waals surface area contributed by atoms with Crippen molar-refractivity contribution in [3.63, 3.8) is 0 Å². The summed E-state index contributed by atoms with van der Waals surface area (Å²) in [5.41, 5.74) is 5.88. The van der Waals surface area contributed by atoms with Crippen LogP contribution in [-0.4, -0.2) is 56.5 Å². The van der Waals surface area contributed by atoms with Crippen LogP contribution in [0.3, 0.4) is 0 Å². The van der Waals surface area contributed by atoms with Crippen LogP contribution in [0.4, 0.5) is 4.39 Å². The molecular weight excluding hydrogens is 355 g/mol. The predicted molar refractivity (Wildman–Crippen MR) is 117 cm³/mol. The maximum absolute atomic E-state index is 12.2. The fourth-order valence-corrected chi connectivity index (χ4v) is 2.42. The van der Waals surface area contributed by atoms with Crippen LogP contribution in [0.15, 0.2) is 70.5 Å². The standard InChI is InChI=1S/C22H33FN4O/c1-6-10-19(17-24-18(3)28-16-15-23)22-14-13-20(25-26-22)11-8-9-12-21(7-2)27(4)5/h7-13,17-18,21,25H,2,6,14-16H2,1,3-5H3/b11-8+,12-9?,19-10+,24-17-. The lowest BCUT2D eigenvalue weighted by Crippen LogP contribution is -2.23. The number of halogens is 1. The van der Waals surface area contributed by atoms with Crippen LogP contribution >= 0.6 is 0 Å². The van der Waals surface area contributed by atoms with Gasteiger partial charge >= 0.3 is 0 Å². The van der Waals surface area contributed by atoms with Gasteiger partial charge in [0.2, 0.25) is 0 Å².